The molecule has 0 saturated heterocycles. The van der Waals surface area contributed by atoms with E-state index in [1.807, 2.05) is 0 Å². The Balaban J connectivity index is 1.71. The summed E-state index contributed by atoms with van der Waals surface area (Å²) in [5.74, 6) is -1.07. The zero-order valence-corrected chi connectivity index (χ0v) is 21.6. The van der Waals surface area contributed by atoms with Gasteiger partial charge in [0.15, 0.2) is 28.1 Å². The number of aliphatic hydroxyl groups excluding tert-OH is 1. The predicted octanol–water partition coefficient (Wildman–Crippen LogP) is 5.47. The van der Waals surface area contributed by atoms with E-state index >= 15 is 0 Å². The quantitative estimate of drug-likeness (QED) is 0.293. The Morgan fingerprint density at radius 1 is 1.14 bits per heavy atom. The van der Waals surface area contributed by atoms with Crippen LogP contribution < -0.4 is 14.4 Å². The van der Waals surface area contributed by atoms with Gasteiger partial charge in [-0.2, -0.15) is 0 Å². The molecule has 2 aromatic carbocycles. The maximum atomic E-state index is 13.5. The molecule has 0 bridgehead atoms. The normalized spacial score (nSPS) is 15.7. The second-order valence-electron chi connectivity index (χ2n) is 7.96. The van der Waals surface area contributed by atoms with Crippen LogP contribution in [0.1, 0.15) is 27.9 Å². The highest BCUT2D eigenvalue weighted by molar-refractivity contribution is 9.10. The molecule has 1 aliphatic rings. The third kappa shape index (κ3) is 3.80. The summed E-state index contributed by atoms with van der Waals surface area (Å²) in [6, 6.07) is 10.4. The first-order valence-electron chi connectivity index (χ1n) is 10.6. The minimum atomic E-state index is -1.08. The molecule has 0 saturated carbocycles. The number of fused-ring (bicyclic) bond motifs is 1. The highest BCUT2D eigenvalue weighted by Gasteiger charge is 2.47. The Morgan fingerprint density at radius 3 is 2.58 bits per heavy atom. The SMILES string of the molecule is COc1ccc2nc(N3C(=O)C(O)=C(C(=O)c4ccc(C)o4)C3c3cc(Br)c(O)c(OC)c3)sc2c1. The van der Waals surface area contributed by atoms with Crippen LogP contribution in [0.5, 0.6) is 17.2 Å². The number of benzene rings is 2. The summed E-state index contributed by atoms with van der Waals surface area (Å²) < 4.78 is 17.1. The number of thiazole rings is 1. The lowest BCUT2D eigenvalue weighted by Crippen LogP contribution is -2.31. The highest BCUT2D eigenvalue weighted by Crippen LogP contribution is 2.47. The van der Waals surface area contributed by atoms with Crippen molar-refractivity contribution < 1.29 is 33.7 Å². The second-order valence-corrected chi connectivity index (χ2v) is 9.83. The molecule has 2 aromatic heterocycles. The van der Waals surface area contributed by atoms with Gasteiger partial charge in [0, 0.05) is 0 Å². The largest absolute Gasteiger partial charge is 0.503 e. The Bertz CT molecular complexity index is 1570. The van der Waals surface area contributed by atoms with Gasteiger partial charge >= 0.3 is 0 Å². The summed E-state index contributed by atoms with van der Waals surface area (Å²) in [6.45, 7) is 1.69. The number of anilines is 1. The third-order valence-electron chi connectivity index (χ3n) is 5.79. The number of aromatic nitrogens is 1. The molecule has 0 aliphatic carbocycles. The van der Waals surface area contributed by atoms with Crippen LogP contribution in [-0.2, 0) is 4.79 Å². The molecule has 4 aromatic rings. The van der Waals surface area contributed by atoms with Crippen LogP contribution in [0.4, 0.5) is 5.13 Å². The number of phenols is 1. The number of carbonyl (C=O) groups is 2. The van der Waals surface area contributed by atoms with Crippen molar-refractivity contribution in [3.8, 4) is 17.2 Å². The molecule has 1 amide bonds. The second kappa shape index (κ2) is 8.99. The smallest absolute Gasteiger partial charge is 0.296 e. The molecule has 2 N–H and O–H groups in total. The van der Waals surface area contributed by atoms with Crippen LogP contribution in [0.3, 0.4) is 0 Å². The average molecular weight is 571 g/mol. The topological polar surface area (TPSA) is 122 Å². The van der Waals surface area contributed by atoms with Gasteiger partial charge in [-0.1, -0.05) is 11.3 Å². The van der Waals surface area contributed by atoms with Crippen molar-refractivity contribution in [2.75, 3.05) is 19.1 Å². The minimum Gasteiger partial charge on any atom is -0.503 e. The van der Waals surface area contributed by atoms with E-state index in [9.17, 15) is 19.8 Å². The maximum absolute atomic E-state index is 13.5. The van der Waals surface area contributed by atoms with Crippen molar-refractivity contribution in [1.29, 1.82) is 0 Å². The molecule has 1 atom stereocenters. The molecule has 5 rings (SSSR count). The van der Waals surface area contributed by atoms with E-state index < -0.39 is 23.5 Å². The molecule has 0 spiro atoms. The number of furan rings is 1. The third-order valence-corrected chi connectivity index (χ3v) is 7.42. The van der Waals surface area contributed by atoms with Crippen molar-refractivity contribution >= 4 is 54.3 Å². The number of halogens is 1. The lowest BCUT2D eigenvalue weighted by atomic mass is 9.95. The Kier molecular flexibility index (Phi) is 5.97. The van der Waals surface area contributed by atoms with Gasteiger partial charge in [-0.05, 0) is 70.9 Å². The van der Waals surface area contributed by atoms with Gasteiger partial charge < -0.3 is 24.1 Å². The molecule has 1 unspecified atom stereocenters. The lowest BCUT2D eigenvalue weighted by molar-refractivity contribution is -0.117. The number of Topliss-reactive ketones (excluding diaryl/α,β-unsaturated/α-hetero) is 1. The summed E-state index contributed by atoms with van der Waals surface area (Å²) in [5, 5.41) is 21.6. The number of amides is 1. The van der Waals surface area contributed by atoms with Gasteiger partial charge in [-0.3, -0.25) is 14.5 Å². The molecular formula is C25H19BrN2O7S. The predicted molar refractivity (Wildman–Crippen MR) is 136 cm³/mol. The van der Waals surface area contributed by atoms with E-state index in [4.69, 9.17) is 13.9 Å². The van der Waals surface area contributed by atoms with Gasteiger partial charge in [0.2, 0.25) is 5.78 Å². The van der Waals surface area contributed by atoms with E-state index in [0.717, 1.165) is 4.70 Å². The van der Waals surface area contributed by atoms with Gasteiger partial charge in [-0.15, -0.1) is 0 Å². The van der Waals surface area contributed by atoms with E-state index in [-0.39, 0.29) is 32.4 Å². The monoisotopic (exact) mass is 570 g/mol. The maximum Gasteiger partial charge on any atom is 0.296 e. The number of ketones is 1. The number of aryl methyl sites for hydroxylation is 1. The summed E-state index contributed by atoms with van der Waals surface area (Å²) in [7, 11) is 2.93. The van der Waals surface area contributed by atoms with Crippen molar-refractivity contribution in [2.24, 2.45) is 0 Å². The zero-order chi connectivity index (χ0) is 25.7. The lowest BCUT2D eigenvalue weighted by Gasteiger charge is -2.25. The van der Waals surface area contributed by atoms with E-state index in [1.54, 1.807) is 44.4 Å². The van der Waals surface area contributed by atoms with Gasteiger partial charge in [0.25, 0.3) is 5.91 Å². The molecule has 184 valence electrons. The van der Waals surface area contributed by atoms with Gasteiger partial charge in [-0.25, -0.2) is 4.98 Å². The van der Waals surface area contributed by atoms with Crippen LogP contribution in [-0.4, -0.2) is 41.1 Å². The van der Waals surface area contributed by atoms with Crippen molar-refractivity contribution in [1.82, 2.24) is 4.98 Å². The number of rotatable bonds is 6. The Labute approximate surface area is 217 Å². The van der Waals surface area contributed by atoms with Gasteiger partial charge in [0.05, 0.1) is 40.5 Å². The first-order chi connectivity index (χ1) is 17.2. The number of ether oxygens (including phenoxy) is 2. The van der Waals surface area contributed by atoms with E-state index in [0.29, 0.717) is 22.6 Å². The Morgan fingerprint density at radius 2 is 1.92 bits per heavy atom. The fraction of sp³-hybridized carbons (Fsp3) is 0.160. The molecule has 9 nitrogen and oxygen atoms in total. The standard InChI is InChI=1S/C25H19BrN2O7S/c1-11-4-7-16(35-11)22(30)19-20(12-8-14(26)21(29)17(9-12)34-3)28(24(32)23(19)31)25-27-15-6-5-13(33-2)10-18(15)36-25/h4-10,20,29,31H,1-3H3. The molecule has 0 fully saturated rings. The molecule has 36 heavy (non-hydrogen) atoms. The molecular weight excluding hydrogens is 552 g/mol. The van der Waals surface area contributed by atoms with Crippen LogP contribution >= 0.6 is 27.3 Å². The zero-order valence-electron chi connectivity index (χ0n) is 19.2. The fourth-order valence-corrected chi connectivity index (χ4v) is 5.55. The number of aliphatic hydroxyl groups is 1. The van der Waals surface area contributed by atoms with E-state index in [2.05, 4.69) is 20.9 Å². The number of carbonyl (C=O) groups excluding carboxylic acids is 2. The molecule has 0 radical (unpaired) electrons. The summed E-state index contributed by atoms with van der Waals surface area (Å²) in [6.07, 6.45) is 0. The van der Waals surface area contributed by atoms with Crippen molar-refractivity contribution in [3.05, 3.63) is 75.4 Å². The van der Waals surface area contributed by atoms with Crippen LogP contribution in [0, 0.1) is 6.92 Å². The first kappa shape index (κ1) is 23.9. The van der Waals surface area contributed by atoms with Crippen LogP contribution in [0.2, 0.25) is 0 Å². The summed E-state index contributed by atoms with van der Waals surface area (Å²) in [5.41, 5.74) is 0.843. The average Bonchev–Trinajstić information content (AvgIpc) is 3.55. The number of hydrogen-bond donors (Lipinski definition) is 2. The van der Waals surface area contributed by atoms with Crippen LogP contribution in [0.15, 0.2) is 62.7 Å². The van der Waals surface area contributed by atoms with Crippen LogP contribution in [0.25, 0.3) is 10.2 Å². The minimum absolute atomic E-state index is 0.0208. The summed E-state index contributed by atoms with van der Waals surface area (Å²) in [4.78, 5) is 32.8. The Hall–Kier alpha value is -3.83. The number of hydrogen-bond acceptors (Lipinski definition) is 9. The first-order valence-corrected chi connectivity index (χ1v) is 12.2. The number of phenolic OH excluding ortho intramolecular Hbond substituents is 1. The number of aromatic hydroxyl groups is 1. The van der Waals surface area contributed by atoms with Crippen molar-refractivity contribution in [3.63, 3.8) is 0 Å². The fourth-order valence-electron chi connectivity index (χ4n) is 4.07. The van der Waals surface area contributed by atoms with Gasteiger partial charge in [0.1, 0.15) is 11.5 Å². The number of methoxy groups -OCH3 is 2. The van der Waals surface area contributed by atoms with E-state index in [1.165, 1.54) is 35.5 Å². The van der Waals surface area contributed by atoms with Crippen molar-refractivity contribution in [2.45, 2.75) is 13.0 Å². The molecule has 11 heteroatoms. The highest BCUT2D eigenvalue weighted by atomic mass is 79.9. The molecule has 3 heterocycles. The summed E-state index contributed by atoms with van der Waals surface area (Å²) >= 11 is 4.51. The molecule has 1 aliphatic heterocycles. The number of nitrogens with zero attached hydrogens (tertiary/aromatic N) is 2.